The van der Waals surface area contributed by atoms with Crippen LogP contribution in [-0.4, -0.2) is 21.7 Å². The maximum absolute atomic E-state index is 14.1. The highest BCUT2D eigenvalue weighted by Gasteiger charge is 2.27. The lowest BCUT2D eigenvalue weighted by Gasteiger charge is -2.25. The molecule has 7 nitrogen and oxygen atoms in total. The Morgan fingerprint density at radius 1 is 0.789 bits per heavy atom. The number of hydrogen-bond donors (Lipinski definition) is 0. The van der Waals surface area contributed by atoms with Gasteiger partial charge in [0.2, 0.25) is 0 Å². The van der Waals surface area contributed by atoms with Crippen LogP contribution in [-0.2, 0) is 0 Å². The van der Waals surface area contributed by atoms with Gasteiger partial charge in [-0.15, -0.1) is 0 Å². The molecule has 0 atom stereocenters. The summed E-state index contributed by atoms with van der Waals surface area (Å²) in [4.78, 5) is 35.8. The Labute approximate surface area is 222 Å². The SMILES string of the molecule is CC(C)c1cccc(C(C)C)c1N=C(c1ccccc1)N(C(=O)c1ccccc1)c1ccc([N+](=O)[O-])cn1. The number of amidine groups is 1. The molecule has 1 aromatic heterocycles. The number of hydrogen-bond acceptors (Lipinski definition) is 5. The topological polar surface area (TPSA) is 88.7 Å². The zero-order valence-electron chi connectivity index (χ0n) is 21.9. The van der Waals surface area contributed by atoms with E-state index in [0.717, 1.165) is 23.0 Å². The number of aromatic nitrogens is 1. The predicted molar refractivity (Wildman–Crippen MR) is 151 cm³/mol. The average molecular weight is 507 g/mol. The Bertz CT molecular complexity index is 1420. The van der Waals surface area contributed by atoms with Crippen molar-refractivity contribution >= 4 is 28.9 Å². The summed E-state index contributed by atoms with van der Waals surface area (Å²) >= 11 is 0. The summed E-state index contributed by atoms with van der Waals surface area (Å²) in [6, 6.07) is 27.3. The van der Waals surface area contributed by atoms with Crippen LogP contribution in [0.4, 0.5) is 17.2 Å². The molecule has 1 heterocycles. The van der Waals surface area contributed by atoms with Gasteiger partial charge < -0.3 is 0 Å². The van der Waals surface area contributed by atoms with Gasteiger partial charge in [-0.1, -0.05) is 94.4 Å². The number of nitro groups is 1. The smallest absolute Gasteiger partial charge is 0.268 e. The molecule has 0 aliphatic rings. The minimum atomic E-state index is -0.514. The molecule has 192 valence electrons. The van der Waals surface area contributed by atoms with Crippen LogP contribution in [0, 0.1) is 10.1 Å². The average Bonchev–Trinajstić information content (AvgIpc) is 2.93. The van der Waals surface area contributed by atoms with Gasteiger partial charge in [-0.2, -0.15) is 0 Å². The van der Waals surface area contributed by atoms with E-state index in [4.69, 9.17) is 4.99 Å². The van der Waals surface area contributed by atoms with E-state index in [1.165, 1.54) is 17.0 Å². The summed E-state index contributed by atoms with van der Waals surface area (Å²) < 4.78 is 0. The normalized spacial score (nSPS) is 11.6. The lowest BCUT2D eigenvalue weighted by molar-refractivity contribution is -0.385. The Hall–Kier alpha value is -4.65. The number of aliphatic imine (C=N–C) groups is 1. The number of para-hydroxylation sites is 1. The largest absolute Gasteiger partial charge is 0.287 e. The highest BCUT2D eigenvalue weighted by atomic mass is 16.6. The van der Waals surface area contributed by atoms with Gasteiger partial charge in [0.05, 0.1) is 10.6 Å². The molecule has 0 unspecified atom stereocenters. The Balaban J connectivity index is 2.03. The third-order valence-corrected chi connectivity index (χ3v) is 6.20. The van der Waals surface area contributed by atoms with Crippen LogP contribution in [0.5, 0.6) is 0 Å². The number of pyridine rings is 1. The zero-order valence-corrected chi connectivity index (χ0v) is 21.9. The third kappa shape index (κ3) is 5.67. The Kier molecular flexibility index (Phi) is 8.06. The van der Waals surface area contributed by atoms with Gasteiger partial charge in [0.25, 0.3) is 11.6 Å². The fourth-order valence-corrected chi connectivity index (χ4v) is 4.21. The second kappa shape index (κ2) is 11.6. The van der Waals surface area contributed by atoms with Gasteiger partial charge in [0.1, 0.15) is 17.9 Å². The molecule has 4 rings (SSSR count). The van der Waals surface area contributed by atoms with Crippen LogP contribution in [0.15, 0.2) is 102 Å². The van der Waals surface area contributed by atoms with E-state index in [1.54, 1.807) is 24.3 Å². The van der Waals surface area contributed by atoms with Crippen molar-refractivity contribution in [3.05, 3.63) is 130 Å². The molecule has 38 heavy (non-hydrogen) atoms. The second-order valence-corrected chi connectivity index (χ2v) is 9.53. The van der Waals surface area contributed by atoms with Crippen molar-refractivity contribution in [3.63, 3.8) is 0 Å². The molecule has 0 radical (unpaired) electrons. The molecular formula is C31H30N4O3. The van der Waals surface area contributed by atoms with E-state index in [9.17, 15) is 14.9 Å². The summed E-state index contributed by atoms with van der Waals surface area (Å²) in [7, 11) is 0. The van der Waals surface area contributed by atoms with Crippen LogP contribution in [0.25, 0.3) is 0 Å². The number of carbonyl (C=O) groups is 1. The molecule has 0 saturated carbocycles. The lowest BCUT2D eigenvalue weighted by atomic mass is 9.93. The fourth-order valence-electron chi connectivity index (χ4n) is 4.21. The van der Waals surface area contributed by atoms with Gasteiger partial charge in [0.15, 0.2) is 0 Å². The second-order valence-electron chi connectivity index (χ2n) is 9.53. The van der Waals surface area contributed by atoms with Gasteiger partial charge in [-0.05, 0) is 41.2 Å². The minimum Gasteiger partial charge on any atom is -0.268 e. The Morgan fingerprint density at radius 2 is 1.34 bits per heavy atom. The standard InChI is InChI=1S/C31H30N4O3/c1-21(2)26-16-11-17-27(22(3)4)29(26)33-30(23-12-7-5-8-13-23)34(31(36)24-14-9-6-10-15-24)28-19-18-25(20-32-28)35(37)38/h5-22H,1-4H3. The van der Waals surface area contributed by atoms with Gasteiger partial charge in [0, 0.05) is 17.2 Å². The molecule has 0 fully saturated rings. The summed E-state index contributed by atoms with van der Waals surface area (Å²) in [5, 5.41) is 11.3. The first-order chi connectivity index (χ1) is 18.3. The van der Waals surface area contributed by atoms with Crippen molar-refractivity contribution in [1.82, 2.24) is 4.98 Å². The van der Waals surface area contributed by atoms with Crippen molar-refractivity contribution in [3.8, 4) is 0 Å². The van der Waals surface area contributed by atoms with E-state index in [1.807, 2.05) is 42.5 Å². The van der Waals surface area contributed by atoms with E-state index in [0.29, 0.717) is 17.0 Å². The molecular weight excluding hydrogens is 476 g/mol. The van der Waals surface area contributed by atoms with E-state index in [2.05, 4.69) is 44.8 Å². The van der Waals surface area contributed by atoms with Crippen molar-refractivity contribution in [2.75, 3.05) is 4.90 Å². The highest BCUT2D eigenvalue weighted by molar-refractivity contribution is 6.27. The lowest BCUT2D eigenvalue weighted by Crippen LogP contribution is -2.38. The number of benzene rings is 3. The summed E-state index contributed by atoms with van der Waals surface area (Å²) in [6.07, 6.45) is 1.16. The first kappa shape index (κ1) is 26.4. The summed E-state index contributed by atoms with van der Waals surface area (Å²) in [5.74, 6) is 0.666. The number of nitrogens with zero attached hydrogens (tertiary/aromatic N) is 4. The van der Waals surface area contributed by atoms with Crippen molar-refractivity contribution < 1.29 is 9.72 Å². The van der Waals surface area contributed by atoms with Crippen LogP contribution in [0.2, 0.25) is 0 Å². The van der Waals surface area contributed by atoms with E-state index < -0.39 is 4.92 Å². The molecule has 0 N–H and O–H groups in total. The molecule has 3 aromatic carbocycles. The van der Waals surface area contributed by atoms with Gasteiger partial charge in [-0.25, -0.2) is 14.9 Å². The molecule has 0 bridgehead atoms. The number of carbonyl (C=O) groups excluding carboxylic acids is 1. The fraction of sp³-hybridized carbons (Fsp3) is 0.194. The molecule has 1 amide bonds. The van der Waals surface area contributed by atoms with Crippen LogP contribution in [0.3, 0.4) is 0 Å². The van der Waals surface area contributed by atoms with Gasteiger partial charge >= 0.3 is 0 Å². The maximum Gasteiger partial charge on any atom is 0.287 e. The van der Waals surface area contributed by atoms with Crippen LogP contribution < -0.4 is 4.90 Å². The molecule has 4 aromatic rings. The monoisotopic (exact) mass is 506 g/mol. The van der Waals surface area contributed by atoms with Crippen LogP contribution >= 0.6 is 0 Å². The first-order valence-corrected chi connectivity index (χ1v) is 12.5. The molecule has 0 saturated heterocycles. The quantitative estimate of drug-likeness (QED) is 0.111. The zero-order chi connectivity index (χ0) is 27.2. The predicted octanol–water partition coefficient (Wildman–Crippen LogP) is 7.66. The molecule has 7 heteroatoms. The van der Waals surface area contributed by atoms with Crippen molar-refractivity contribution in [1.29, 1.82) is 0 Å². The van der Waals surface area contributed by atoms with Crippen molar-refractivity contribution in [2.24, 2.45) is 4.99 Å². The maximum atomic E-state index is 14.1. The molecule has 0 spiro atoms. The number of rotatable bonds is 7. The number of amides is 1. The van der Waals surface area contributed by atoms with E-state index >= 15 is 0 Å². The third-order valence-electron chi connectivity index (χ3n) is 6.20. The highest BCUT2D eigenvalue weighted by Crippen LogP contribution is 2.36. The summed E-state index contributed by atoms with van der Waals surface area (Å²) in [6.45, 7) is 8.47. The summed E-state index contributed by atoms with van der Waals surface area (Å²) in [5.41, 5.74) is 3.93. The number of anilines is 1. The minimum absolute atomic E-state index is 0.161. The van der Waals surface area contributed by atoms with Gasteiger partial charge in [-0.3, -0.25) is 14.9 Å². The molecule has 0 aliphatic carbocycles. The van der Waals surface area contributed by atoms with E-state index in [-0.39, 0.29) is 29.2 Å². The van der Waals surface area contributed by atoms with Crippen molar-refractivity contribution in [2.45, 2.75) is 39.5 Å². The van der Waals surface area contributed by atoms with Crippen LogP contribution in [0.1, 0.15) is 66.6 Å². The Morgan fingerprint density at radius 3 is 1.82 bits per heavy atom. The molecule has 0 aliphatic heterocycles. The first-order valence-electron chi connectivity index (χ1n) is 12.5.